The van der Waals surface area contributed by atoms with Gasteiger partial charge in [0.25, 0.3) is 5.91 Å². The summed E-state index contributed by atoms with van der Waals surface area (Å²) in [4.78, 5) is 31.5. The standard InChI is InChI=1S/C35H46N4O5/c1-24(2)38(34(40)26-13-16-32(43-4)33(19-26)44-18-8-17-42-3)22-27-20-36-21-28(27)23-39(29-14-15-29)35(41)37-31-12-7-10-25-9-5-6-11-30(25)31/h5-7,9-13,16,19,24,27-29,36H,8,14-15,17-18,20-23H2,1-4H3,(H,37,41)/t27-,28-/m0/s1. The minimum atomic E-state index is -0.0532. The number of rotatable bonds is 14. The van der Waals surface area contributed by atoms with E-state index in [0.29, 0.717) is 43.4 Å². The second-order valence-corrected chi connectivity index (χ2v) is 12.1. The van der Waals surface area contributed by atoms with Crippen LogP contribution in [0.2, 0.25) is 0 Å². The van der Waals surface area contributed by atoms with Crippen molar-refractivity contribution >= 4 is 28.4 Å². The fourth-order valence-electron chi connectivity index (χ4n) is 6.03. The van der Waals surface area contributed by atoms with Crippen molar-refractivity contribution in [3.63, 3.8) is 0 Å². The minimum absolute atomic E-state index is 0.00567. The van der Waals surface area contributed by atoms with E-state index in [4.69, 9.17) is 14.2 Å². The average molecular weight is 603 g/mol. The molecular formula is C35H46N4O5. The summed E-state index contributed by atoms with van der Waals surface area (Å²) in [5, 5.41) is 8.88. The van der Waals surface area contributed by atoms with Gasteiger partial charge in [-0.3, -0.25) is 4.79 Å². The van der Waals surface area contributed by atoms with Gasteiger partial charge in [0.15, 0.2) is 11.5 Å². The minimum Gasteiger partial charge on any atom is -0.493 e. The second kappa shape index (κ2) is 14.8. The van der Waals surface area contributed by atoms with Crippen LogP contribution >= 0.6 is 0 Å². The van der Waals surface area contributed by atoms with E-state index in [1.165, 1.54) is 0 Å². The van der Waals surface area contributed by atoms with E-state index >= 15 is 0 Å². The summed E-state index contributed by atoms with van der Waals surface area (Å²) >= 11 is 0. The summed E-state index contributed by atoms with van der Waals surface area (Å²) in [6.45, 7) is 8.05. The average Bonchev–Trinajstić information content (AvgIpc) is 3.78. The van der Waals surface area contributed by atoms with Crippen molar-refractivity contribution < 1.29 is 23.8 Å². The van der Waals surface area contributed by atoms with Gasteiger partial charge in [0.2, 0.25) is 0 Å². The number of nitrogens with one attached hydrogen (secondary N) is 2. The Bertz CT molecular complexity index is 1420. The largest absolute Gasteiger partial charge is 0.493 e. The van der Waals surface area contributed by atoms with E-state index in [-0.39, 0.29) is 35.9 Å². The number of hydrogen-bond donors (Lipinski definition) is 2. The highest BCUT2D eigenvalue weighted by molar-refractivity contribution is 6.01. The van der Waals surface area contributed by atoms with E-state index in [1.807, 2.05) is 40.1 Å². The molecule has 3 aromatic rings. The van der Waals surface area contributed by atoms with Crippen LogP contribution < -0.4 is 20.1 Å². The van der Waals surface area contributed by atoms with E-state index in [0.717, 1.165) is 48.8 Å². The van der Waals surface area contributed by atoms with Gasteiger partial charge in [-0.25, -0.2) is 4.79 Å². The molecule has 9 heteroatoms. The van der Waals surface area contributed by atoms with Crippen LogP contribution in [0, 0.1) is 11.8 Å². The molecule has 3 aromatic carbocycles. The summed E-state index contributed by atoms with van der Waals surface area (Å²) in [5.41, 5.74) is 1.40. The van der Waals surface area contributed by atoms with Gasteiger partial charge >= 0.3 is 6.03 Å². The summed E-state index contributed by atoms with van der Waals surface area (Å²) in [6.07, 6.45) is 2.79. The maximum Gasteiger partial charge on any atom is 0.322 e. The monoisotopic (exact) mass is 602 g/mol. The second-order valence-electron chi connectivity index (χ2n) is 12.1. The number of methoxy groups -OCH3 is 2. The van der Waals surface area contributed by atoms with E-state index in [1.54, 1.807) is 32.4 Å². The molecule has 0 spiro atoms. The van der Waals surface area contributed by atoms with Gasteiger partial charge < -0.3 is 34.6 Å². The molecule has 1 saturated heterocycles. The number of fused-ring (bicyclic) bond motifs is 1. The zero-order chi connectivity index (χ0) is 31.1. The van der Waals surface area contributed by atoms with Crippen LogP contribution in [-0.4, -0.2) is 87.4 Å². The molecule has 0 radical (unpaired) electrons. The topological polar surface area (TPSA) is 92.4 Å². The van der Waals surface area contributed by atoms with Crippen molar-refractivity contribution in [1.29, 1.82) is 0 Å². The molecule has 3 amide bonds. The predicted octanol–water partition coefficient (Wildman–Crippen LogP) is 5.65. The van der Waals surface area contributed by atoms with Crippen molar-refractivity contribution in [1.82, 2.24) is 15.1 Å². The number of carbonyl (C=O) groups excluding carboxylic acids is 2. The van der Waals surface area contributed by atoms with Gasteiger partial charge in [-0.15, -0.1) is 0 Å². The molecule has 1 aliphatic heterocycles. The Hall–Kier alpha value is -3.82. The number of hydrogen-bond acceptors (Lipinski definition) is 6. The lowest BCUT2D eigenvalue weighted by molar-refractivity contribution is 0.0653. The van der Waals surface area contributed by atoms with Gasteiger partial charge in [0.1, 0.15) is 0 Å². The number of ether oxygens (including phenoxy) is 3. The Morgan fingerprint density at radius 1 is 0.932 bits per heavy atom. The molecule has 0 aromatic heterocycles. The first kappa shape index (κ1) is 31.6. The highest BCUT2D eigenvalue weighted by atomic mass is 16.5. The lowest BCUT2D eigenvalue weighted by Crippen LogP contribution is -2.45. The summed E-state index contributed by atoms with van der Waals surface area (Å²) in [6, 6.07) is 19.7. The van der Waals surface area contributed by atoms with Crippen molar-refractivity contribution in [2.24, 2.45) is 11.8 Å². The quantitative estimate of drug-likeness (QED) is 0.232. The molecule has 44 heavy (non-hydrogen) atoms. The molecule has 0 bridgehead atoms. The third-order valence-corrected chi connectivity index (χ3v) is 8.67. The molecule has 1 aliphatic carbocycles. The first-order valence-electron chi connectivity index (χ1n) is 15.8. The Morgan fingerprint density at radius 3 is 2.41 bits per heavy atom. The van der Waals surface area contributed by atoms with Crippen LogP contribution in [0.15, 0.2) is 60.7 Å². The number of anilines is 1. The first-order valence-corrected chi connectivity index (χ1v) is 15.8. The summed E-state index contributed by atoms with van der Waals surface area (Å²) < 4.78 is 16.5. The van der Waals surface area contributed by atoms with Crippen molar-refractivity contribution in [2.75, 3.05) is 58.9 Å². The molecule has 2 aliphatic rings. The Labute approximate surface area is 260 Å². The van der Waals surface area contributed by atoms with Gasteiger partial charge in [-0.05, 0) is 68.2 Å². The molecule has 0 unspecified atom stereocenters. The van der Waals surface area contributed by atoms with Crippen LogP contribution in [-0.2, 0) is 4.74 Å². The van der Waals surface area contributed by atoms with Crippen LogP contribution in [0.1, 0.15) is 43.5 Å². The first-order chi connectivity index (χ1) is 21.4. The fourth-order valence-corrected chi connectivity index (χ4v) is 6.03. The number of amides is 3. The van der Waals surface area contributed by atoms with E-state index in [2.05, 4.69) is 36.6 Å². The number of nitrogens with zero attached hydrogens (tertiary/aromatic N) is 2. The third-order valence-electron chi connectivity index (χ3n) is 8.67. The molecule has 236 valence electrons. The SMILES string of the molecule is COCCCOc1cc(C(=O)N(C[C@@H]2CNC[C@H]2CN(C(=O)Nc2cccc3ccccc23)C2CC2)C(C)C)ccc1OC. The molecule has 5 rings (SSSR count). The Balaban J connectivity index is 1.27. The van der Waals surface area contributed by atoms with Crippen LogP contribution in [0.4, 0.5) is 10.5 Å². The third kappa shape index (κ3) is 7.63. The van der Waals surface area contributed by atoms with E-state index in [9.17, 15) is 9.59 Å². The number of urea groups is 1. The normalized spacial score (nSPS) is 17.9. The Morgan fingerprint density at radius 2 is 1.68 bits per heavy atom. The fraction of sp³-hybridized carbons (Fsp3) is 0.486. The van der Waals surface area contributed by atoms with Gasteiger partial charge in [0.05, 0.1) is 19.4 Å². The van der Waals surface area contributed by atoms with Crippen molar-refractivity contribution in [3.8, 4) is 11.5 Å². The molecular weight excluding hydrogens is 556 g/mol. The summed E-state index contributed by atoms with van der Waals surface area (Å²) in [5.74, 6) is 1.56. The number of benzene rings is 3. The van der Waals surface area contributed by atoms with Crippen LogP contribution in [0.5, 0.6) is 11.5 Å². The lowest BCUT2D eigenvalue weighted by atomic mass is 9.94. The van der Waals surface area contributed by atoms with Crippen LogP contribution in [0.3, 0.4) is 0 Å². The molecule has 2 N–H and O–H groups in total. The summed E-state index contributed by atoms with van der Waals surface area (Å²) in [7, 11) is 3.26. The van der Waals surface area contributed by atoms with E-state index < -0.39 is 0 Å². The molecule has 9 nitrogen and oxygen atoms in total. The molecule has 2 atom stereocenters. The Kier molecular flexibility index (Phi) is 10.6. The van der Waals surface area contributed by atoms with Gasteiger partial charge in [-0.1, -0.05) is 36.4 Å². The maximum atomic E-state index is 13.9. The van der Waals surface area contributed by atoms with Crippen molar-refractivity contribution in [3.05, 3.63) is 66.2 Å². The number of carbonyl (C=O) groups is 2. The van der Waals surface area contributed by atoms with Crippen LogP contribution in [0.25, 0.3) is 10.8 Å². The highest BCUT2D eigenvalue weighted by Crippen LogP contribution is 2.33. The molecule has 2 fully saturated rings. The molecule has 1 saturated carbocycles. The molecule has 1 heterocycles. The lowest BCUT2D eigenvalue weighted by Gasteiger charge is -2.33. The zero-order valence-electron chi connectivity index (χ0n) is 26.4. The van der Waals surface area contributed by atoms with Gasteiger partial charge in [0, 0.05) is 69.3 Å². The maximum absolute atomic E-state index is 13.9. The van der Waals surface area contributed by atoms with Gasteiger partial charge in [-0.2, -0.15) is 0 Å². The van der Waals surface area contributed by atoms with Crippen molar-refractivity contribution in [2.45, 2.75) is 45.2 Å². The zero-order valence-corrected chi connectivity index (χ0v) is 26.4. The predicted molar refractivity (Wildman–Crippen MR) is 174 cm³/mol. The smallest absolute Gasteiger partial charge is 0.322 e. The highest BCUT2D eigenvalue weighted by Gasteiger charge is 2.38.